The number of Topliss-reactive ketones (excluding diaryl/α,β-unsaturated/α-hetero) is 1. The van der Waals surface area contributed by atoms with Gasteiger partial charge in [0.05, 0.1) is 0 Å². The molecule has 13 heavy (non-hydrogen) atoms. The molecule has 0 heterocycles. The normalized spacial score (nSPS) is 7.38. The molecule has 72 valence electrons. The van der Waals surface area contributed by atoms with E-state index < -0.39 is 0 Å². The first-order valence-electron chi connectivity index (χ1n) is 3.28. The van der Waals surface area contributed by atoms with Crippen molar-refractivity contribution in [3.8, 4) is 5.92 Å². The molecular weight excluding hydrogens is 364 g/mol. The Labute approximate surface area is 97.4 Å². The van der Waals surface area contributed by atoms with E-state index in [1.54, 1.807) is 24.3 Å². The molecule has 0 saturated heterocycles. The maximum absolute atomic E-state index is 10.9. The third-order valence-corrected chi connectivity index (χ3v) is 1.44. The summed E-state index contributed by atoms with van der Waals surface area (Å²) in [5, 5.41) is 0. The van der Waals surface area contributed by atoms with Gasteiger partial charge >= 0.3 is 22.4 Å². The summed E-state index contributed by atoms with van der Waals surface area (Å²) in [5.41, 5.74) is 1.11. The van der Waals surface area contributed by atoms with Gasteiger partial charge in [-0.3, -0.25) is 10.7 Å². The van der Waals surface area contributed by atoms with Gasteiger partial charge in [0.2, 0.25) is 0 Å². The average molecular weight is 374 g/mol. The van der Waals surface area contributed by atoms with Crippen molar-refractivity contribution in [2.45, 2.75) is 6.92 Å². The van der Waals surface area contributed by atoms with E-state index in [4.69, 9.17) is 6.42 Å². The molecular formula is C10H10AuOP. The average Bonchev–Trinajstić information content (AvgIpc) is 2.04. The second-order valence-corrected chi connectivity index (χ2v) is 2.23. The molecule has 0 amide bonds. The van der Waals surface area contributed by atoms with Crippen molar-refractivity contribution in [2.75, 3.05) is 0 Å². The molecule has 0 aliphatic rings. The Morgan fingerprint density at radius 1 is 1.38 bits per heavy atom. The zero-order valence-electron chi connectivity index (χ0n) is 7.23. The van der Waals surface area contributed by atoms with Gasteiger partial charge in [0.15, 0.2) is 0 Å². The molecule has 0 aromatic heterocycles. The van der Waals surface area contributed by atoms with Gasteiger partial charge in [0, 0.05) is 0 Å². The van der Waals surface area contributed by atoms with E-state index >= 15 is 0 Å². The smallest absolute Gasteiger partial charge is 0.366 e. The molecule has 1 aromatic rings. The summed E-state index contributed by atoms with van der Waals surface area (Å²) in [4.78, 5) is 10.9. The minimum absolute atomic E-state index is 0. The van der Waals surface area contributed by atoms with Crippen molar-refractivity contribution in [1.29, 1.82) is 0 Å². The Bertz CT molecular complexity index is 328. The number of hydrogen-bond donors (Lipinski definition) is 0. The molecule has 0 fully saturated rings. The van der Waals surface area contributed by atoms with Gasteiger partial charge in [-0.1, -0.05) is 18.2 Å². The molecule has 0 radical (unpaired) electrons. The molecule has 0 aliphatic heterocycles. The van der Waals surface area contributed by atoms with Crippen LogP contribution < -0.4 is 0 Å². The van der Waals surface area contributed by atoms with Gasteiger partial charge < -0.3 is 6.42 Å². The molecule has 0 bridgehead atoms. The molecule has 1 unspecified atom stereocenters. The van der Waals surface area contributed by atoms with Crippen molar-refractivity contribution < 1.29 is 27.2 Å². The van der Waals surface area contributed by atoms with E-state index in [1.165, 1.54) is 6.92 Å². The maximum Gasteiger partial charge on any atom is 1.00 e. The Morgan fingerprint density at radius 2 is 1.92 bits per heavy atom. The zero-order chi connectivity index (χ0) is 8.27. The van der Waals surface area contributed by atoms with Gasteiger partial charge in [0.25, 0.3) is 0 Å². The van der Waals surface area contributed by atoms with Crippen molar-refractivity contribution in [3.63, 3.8) is 0 Å². The second-order valence-electron chi connectivity index (χ2n) is 2.23. The molecule has 1 rings (SSSR count). The van der Waals surface area contributed by atoms with Crippen LogP contribution in [0.4, 0.5) is 0 Å². The molecule has 0 N–H and O–H groups in total. The van der Waals surface area contributed by atoms with Crippen LogP contribution in [-0.2, 0) is 22.4 Å². The minimum atomic E-state index is -0.0275. The SMILES string of the molecule is P.[Au+].[C-]#Cc1ccccc1C(C)=O. The monoisotopic (exact) mass is 374 g/mol. The van der Waals surface area contributed by atoms with Crippen LogP contribution in [0.25, 0.3) is 0 Å². The van der Waals surface area contributed by atoms with E-state index in [-0.39, 0.29) is 38.1 Å². The van der Waals surface area contributed by atoms with E-state index in [0.29, 0.717) is 11.1 Å². The Hall–Kier alpha value is -0.380. The number of carbonyl (C=O) groups excluding carboxylic acids is 1. The van der Waals surface area contributed by atoms with E-state index in [1.807, 2.05) is 0 Å². The minimum Gasteiger partial charge on any atom is -0.366 e. The maximum atomic E-state index is 10.9. The van der Waals surface area contributed by atoms with E-state index in [0.717, 1.165) is 0 Å². The first-order valence-corrected chi connectivity index (χ1v) is 3.28. The van der Waals surface area contributed by atoms with Crippen LogP contribution in [-0.4, -0.2) is 5.78 Å². The van der Waals surface area contributed by atoms with Gasteiger partial charge in [0.1, 0.15) is 5.78 Å². The fraction of sp³-hybridized carbons (Fsp3) is 0.100. The third-order valence-electron chi connectivity index (χ3n) is 1.44. The molecule has 0 spiro atoms. The van der Waals surface area contributed by atoms with Crippen LogP contribution in [0.2, 0.25) is 0 Å². The number of carbonyl (C=O) groups is 1. The quantitative estimate of drug-likeness (QED) is 0.241. The van der Waals surface area contributed by atoms with Crippen molar-refractivity contribution >= 4 is 15.7 Å². The molecule has 3 heteroatoms. The van der Waals surface area contributed by atoms with Gasteiger partial charge in [-0.15, -0.1) is 11.6 Å². The van der Waals surface area contributed by atoms with E-state index in [9.17, 15) is 4.79 Å². The second kappa shape index (κ2) is 7.07. The van der Waals surface area contributed by atoms with Crippen molar-refractivity contribution in [2.24, 2.45) is 0 Å². The fourth-order valence-electron chi connectivity index (χ4n) is 0.899. The number of rotatable bonds is 1. The predicted octanol–water partition coefficient (Wildman–Crippen LogP) is 1.88. The third kappa shape index (κ3) is 3.89. The van der Waals surface area contributed by atoms with Gasteiger partial charge in [-0.05, 0) is 12.5 Å². The number of benzene rings is 1. The molecule has 0 saturated carbocycles. The predicted molar refractivity (Wildman–Crippen MR) is 53.8 cm³/mol. The zero-order valence-corrected chi connectivity index (χ0v) is 10.8. The van der Waals surface area contributed by atoms with Crippen LogP contribution in [0.3, 0.4) is 0 Å². The van der Waals surface area contributed by atoms with Crippen LogP contribution >= 0.6 is 9.90 Å². The molecule has 0 aliphatic carbocycles. The number of ketones is 1. The van der Waals surface area contributed by atoms with Crippen LogP contribution in [0.1, 0.15) is 22.8 Å². The molecule has 1 aromatic carbocycles. The van der Waals surface area contributed by atoms with Gasteiger partial charge in [-0.2, -0.15) is 9.90 Å². The summed E-state index contributed by atoms with van der Waals surface area (Å²) in [7, 11) is 0. The van der Waals surface area contributed by atoms with Crippen molar-refractivity contribution in [3.05, 3.63) is 41.8 Å². The largest absolute Gasteiger partial charge is 1.00 e. The summed E-state index contributed by atoms with van der Waals surface area (Å²) < 4.78 is 0. The summed E-state index contributed by atoms with van der Waals surface area (Å²) in [6.45, 7) is 1.48. The van der Waals surface area contributed by atoms with Crippen molar-refractivity contribution in [1.82, 2.24) is 0 Å². The Morgan fingerprint density at radius 3 is 2.31 bits per heavy atom. The Balaban J connectivity index is 0. The van der Waals surface area contributed by atoms with Gasteiger partial charge in [-0.25, -0.2) is 0 Å². The van der Waals surface area contributed by atoms with E-state index in [2.05, 4.69) is 5.92 Å². The fourth-order valence-corrected chi connectivity index (χ4v) is 0.899. The summed E-state index contributed by atoms with van der Waals surface area (Å²) in [6, 6.07) is 6.95. The summed E-state index contributed by atoms with van der Waals surface area (Å²) in [5.74, 6) is 2.18. The topological polar surface area (TPSA) is 17.1 Å². The van der Waals surface area contributed by atoms with Crippen LogP contribution in [0, 0.1) is 12.3 Å². The Kier molecular flexibility index (Phi) is 8.21. The summed E-state index contributed by atoms with van der Waals surface area (Å²) in [6.07, 6.45) is 6.88. The summed E-state index contributed by atoms with van der Waals surface area (Å²) >= 11 is 0. The standard InChI is InChI=1S/C10H7O.Au.H3P/c1-3-9-6-4-5-7-10(9)8(2)11;;/h4-7H,2H3;;1H3/q-1;+1;. The first-order chi connectivity index (χ1) is 5.25. The molecule has 1 atom stereocenters. The first kappa shape index (κ1) is 15.1. The number of hydrogen-bond acceptors (Lipinski definition) is 1. The van der Waals surface area contributed by atoms with Crippen LogP contribution in [0.15, 0.2) is 24.3 Å². The molecule has 1 nitrogen and oxygen atoms in total. The van der Waals surface area contributed by atoms with Crippen LogP contribution in [0.5, 0.6) is 0 Å².